The van der Waals surface area contributed by atoms with Gasteiger partial charge in [-0.2, -0.15) is 8.78 Å². The highest BCUT2D eigenvalue weighted by molar-refractivity contribution is 5.79. The minimum Gasteiger partial charge on any atom is -0.489 e. The van der Waals surface area contributed by atoms with Crippen LogP contribution in [0.2, 0.25) is 0 Å². The number of azide groups is 1. The third-order valence-electron chi connectivity index (χ3n) is 3.50. The van der Waals surface area contributed by atoms with Gasteiger partial charge in [-0.05, 0) is 35.7 Å². The van der Waals surface area contributed by atoms with Crippen molar-refractivity contribution >= 4 is 5.97 Å². The number of esters is 1. The molecule has 0 radical (unpaired) electrons. The number of halogens is 2. The Morgan fingerprint density at radius 1 is 1.19 bits per heavy atom. The van der Waals surface area contributed by atoms with E-state index in [0.29, 0.717) is 12.4 Å². The molecule has 2 rings (SSSR count). The molecule has 0 saturated heterocycles. The Morgan fingerprint density at radius 3 is 2.42 bits per heavy atom. The number of ether oxygens (including phenoxy) is 2. The van der Waals surface area contributed by atoms with Crippen molar-refractivity contribution in [1.29, 1.82) is 0 Å². The zero-order chi connectivity index (χ0) is 19.0. The maximum Gasteiger partial charge on any atom is 0.377 e. The molecule has 0 spiro atoms. The highest BCUT2D eigenvalue weighted by Gasteiger charge is 2.49. The van der Waals surface area contributed by atoms with E-state index in [0.717, 1.165) is 5.56 Å². The molecule has 1 unspecified atom stereocenters. The molecule has 2 aromatic carbocycles. The molecule has 26 heavy (non-hydrogen) atoms. The van der Waals surface area contributed by atoms with Gasteiger partial charge in [-0.25, -0.2) is 4.79 Å². The molecule has 0 amide bonds. The van der Waals surface area contributed by atoms with Gasteiger partial charge in [0.05, 0.1) is 6.61 Å². The molecule has 136 valence electrons. The van der Waals surface area contributed by atoms with Gasteiger partial charge in [-0.1, -0.05) is 47.6 Å². The van der Waals surface area contributed by atoms with Crippen LogP contribution in [0.5, 0.6) is 5.75 Å². The number of hydrogen-bond acceptors (Lipinski definition) is 4. The van der Waals surface area contributed by atoms with Crippen molar-refractivity contribution < 1.29 is 23.0 Å². The molecule has 0 saturated carbocycles. The summed E-state index contributed by atoms with van der Waals surface area (Å²) in [6.45, 7) is 1.53. The predicted molar refractivity (Wildman–Crippen MR) is 90.7 cm³/mol. The van der Waals surface area contributed by atoms with Gasteiger partial charge in [-0.3, -0.25) is 0 Å². The SMILES string of the molecule is CCOC(=O)C(F)(F)C(N=[N+]=[N-])c1ccc(OCc2ccccc2)cc1. The van der Waals surface area contributed by atoms with E-state index in [4.69, 9.17) is 10.3 Å². The first-order valence-corrected chi connectivity index (χ1v) is 7.85. The fraction of sp³-hybridized carbons (Fsp3) is 0.278. The highest BCUT2D eigenvalue weighted by atomic mass is 19.3. The Balaban J connectivity index is 2.15. The number of carbonyl (C=O) groups is 1. The zero-order valence-corrected chi connectivity index (χ0v) is 14.0. The molecule has 2 aromatic rings. The molecule has 0 heterocycles. The van der Waals surface area contributed by atoms with Gasteiger partial charge in [0.1, 0.15) is 18.4 Å². The van der Waals surface area contributed by atoms with Crippen LogP contribution in [0.25, 0.3) is 10.4 Å². The van der Waals surface area contributed by atoms with Crippen LogP contribution in [0.15, 0.2) is 59.7 Å². The number of carbonyl (C=O) groups excluding carboxylic acids is 1. The maximum absolute atomic E-state index is 14.2. The first-order chi connectivity index (χ1) is 12.5. The van der Waals surface area contributed by atoms with Crippen LogP contribution in [-0.4, -0.2) is 18.5 Å². The van der Waals surface area contributed by atoms with Gasteiger partial charge in [0.2, 0.25) is 0 Å². The summed E-state index contributed by atoms with van der Waals surface area (Å²) in [7, 11) is 0. The molecule has 0 aliphatic rings. The number of nitrogens with zero attached hydrogens (tertiary/aromatic N) is 3. The van der Waals surface area contributed by atoms with E-state index in [1.54, 1.807) is 0 Å². The molecule has 0 aromatic heterocycles. The molecule has 1 atom stereocenters. The summed E-state index contributed by atoms with van der Waals surface area (Å²) in [6, 6.07) is 13.0. The summed E-state index contributed by atoms with van der Waals surface area (Å²) in [6.07, 6.45) is 0. The molecule has 0 fully saturated rings. The number of benzene rings is 2. The van der Waals surface area contributed by atoms with E-state index < -0.39 is 17.9 Å². The zero-order valence-electron chi connectivity index (χ0n) is 14.0. The van der Waals surface area contributed by atoms with E-state index in [2.05, 4.69) is 14.8 Å². The fourth-order valence-corrected chi connectivity index (χ4v) is 2.23. The van der Waals surface area contributed by atoms with Gasteiger partial charge < -0.3 is 9.47 Å². The van der Waals surface area contributed by atoms with Crippen LogP contribution in [0.3, 0.4) is 0 Å². The second-order valence-electron chi connectivity index (χ2n) is 5.29. The minimum absolute atomic E-state index is 0.0204. The van der Waals surface area contributed by atoms with Crippen LogP contribution < -0.4 is 4.74 Å². The largest absolute Gasteiger partial charge is 0.489 e. The Morgan fingerprint density at radius 2 is 1.85 bits per heavy atom. The van der Waals surface area contributed by atoms with Gasteiger partial charge in [0.15, 0.2) is 0 Å². The van der Waals surface area contributed by atoms with Crippen molar-refractivity contribution in [3.63, 3.8) is 0 Å². The average molecular weight is 361 g/mol. The lowest BCUT2D eigenvalue weighted by molar-refractivity contribution is -0.174. The van der Waals surface area contributed by atoms with E-state index in [9.17, 15) is 13.6 Å². The molecule has 0 aliphatic heterocycles. The van der Waals surface area contributed by atoms with Gasteiger partial charge in [0.25, 0.3) is 0 Å². The minimum atomic E-state index is -3.98. The number of hydrogen-bond donors (Lipinski definition) is 0. The van der Waals surface area contributed by atoms with Crippen LogP contribution in [-0.2, 0) is 16.1 Å². The third kappa shape index (κ3) is 4.70. The lowest BCUT2D eigenvalue weighted by Gasteiger charge is -2.21. The van der Waals surface area contributed by atoms with Crippen molar-refractivity contribution in [3.05, 3.63) is 76.2 Å². The van der Waals surface area contributed by atoms with E-state index in [1.807, 2.05) is 30.3 Å². The second kappa shape index (κ2) is 8.82. The lowest BCUT2D eigenvalue weighted by atomic mass is 10.0. The standard InChI is InChI=1S/C18H17F2N3O3/c1-2-25-17(24)18(19,20)16(22-23-21)14-8-10-15(11-9-14)26-12-13-6-4-3-5-7-13/h3-11,16H,2,12H2,1H3. The summed E-state index contributed by atoms with van der Waals surface area (Å²) in [4.78, 5) is 13.9. The lowest BCUT2D eigenvalue weighted by Crippen LogP contribution is -2.36. The predicted octanol–water partition coefficient (Wildman–Crippen LogP) is 4.82. The maximum atomic E-state index is 14.2. The van der Waals surface area contributed by atoms with Gasteiger partial charge in [0, 0.05) is 4.91 Å². The molecular formula is C18H17F2N3O3. The fourth-order valence-electron chi connectivity index (χ4n) is 2.23. The molecule has 0 N–H and O–H groups in total. The number of rotatable bonds is 8. The van der Waals surface area contributed by atoms with Crippen LogP contribution in [0.4, 0.5) is 8.78 Å². The number of alkyl halides is 2. The molecule has 8 heteroatoms. The van der Waals surface area contributed by atoms with Crippen LogP contribution in [0, 0.1) is 0 Å². The summed E-state index contributed by atoms with van der Waals surface area (Å²) in [5.74, 6) is -5.26. The molecular weight excluding hydrogens is 344 g/mol. The molecule has 0 bridgehead atoms. The topological polar surface area (TPSA) is 84.3 Å². The van der Waals surface area contributed by atoms with E-state index in [-0.39, 0.29) is 12.2 Å². The summed E-state index contributed by atoms with van der Waals surface area (Å²) in [5, 5.41) is 3.08. The summed E-state index contributed by atoms with van der Waals surface area (Å²) >= 11 is 0. The Hall–Kier alpha value is -3.12. The first-order valence-electron chi connectivity index (χ1n) is 7.85. The normalized spacial score (nSPS) is 12.0. The summed E-state index contributed by atoms with van der Waals surface area (Å²) < 4.78 is 38.4. The molecule has 0 aliphatic carbocycles. The average Bonchev–Trinajstić information content (AvgIpc) is 2.66. The highest BCUT2D eigenvalue weighted by Crippen LogP contribution is 2.36. The second-order valence-corrected chi connectivity index (χ2v) is 5.29. The summed E-state index contributed by atoms with van der Waals surface area (Å²) in [5.41, 5.74) is 9.52. The third-order valence-corrected chi connectivity index (χ3v) is 3.50. The van der Waals surface area contributed by atoms with Crippen molar-refractivity contribution in [3.8, 4) is 5.75 Å². The van der Waals surface area contributed by atoms with Gasteiger partial charge in [-0.15, -0.1) is 0 Å². The van der Waals surface area contributed by atoms with Crippen molar-refractivity contribution in [1.82, 2.24) is 0 Å². The Kier molecular flexibility index (Phi) is 6.52. The van der Waals surface area contributed by atoms with E-state index >= 15 is 0 Å². The molecule has 6 nitrogen and oxygen atoms in total. The van der Waals surface area contributed by atoms with Crippen LogP contribution >= 0.6 is 0 Å². The van der Waals surface area contributed by atoms with Crippen molar-refractivity contribution in [2.24, 2.45) is 5.11 Å². The first kappa shape index (κ1) is 19.2. The van der Waals surface area contributed by atoms with Crippen LogP contribution in [0.1, 0.15) is 24.1 Å². The monoisotopic (exact) mass is 361 g/mol. The Bertz CT molecular complexity index is 776. The van der Waals surface area contributed by atoms with Gasteiger partial charge >= 0.3 is 11.9 Å². The smallest absolute Gasteiger partial charge is 0.377 e. The quantitative estimate of drug-likeness (QED) is 0.292. The Labute approximate surface area is 149 Å². The van der Waals surface area contributed by atoms with E-state index in [1.165, 1.54) is 31.2 Å². The van der Waals surface area contributed by atoms with Crippen molar-refractivity contribution in [2.45, 2.75) is 25.5 Å². The van der Waals surface area contributed by atoms with Crippen molar-refractivity contribution in [2.75, 3.05) is 6.61 Å².